The number of fused-ring (bicyclic) bond motifs is 8. The van der Waals surface area contributed by atoms with Crippen LogP contribution < -0.4 is 0 Å². The van der Waals surface area contributed by atoms with Crippen molar-refractivity contribution in [3.8, 4) is 0 Å². The van der Waals surface area contributed by atoms with E-state index in [1.807, 2.05) is 12.4 Å². The van der Waals surface area contributed by atoms with Gasteiger partial charge in [-0.05, 0) is 92.1 Å². The van der Waals surface area contributed by atoms with Gasteiger partial charge in [0.25, 0.3) is 0 Å². The molecule has 6 nitrogen and oxygen atoms in total. The van der Waals surface area contributed by atoms with E-state index < -0.39 is 0 Å². The Morgan fingerprint density at radius 3 is 1.37 bits per heavy atom. The highest BCUT2D eigenvalue weighted by atomic mass is 16.5. The highest BCUT2D eigenvalue weighted by Gasteiger charge is 2.56. The maximum Gasteiger partial charge on any atom is 0.135 e. The van der Waals surface area contributed by atoms with Crippen molar-refractivity contribution in [2.24, 2.45) is 23.7 Å². The first kappa shape index (κ1) is 46.6. The van der Waals surface area contributed by atoms with Crippen molar-refractivity contribution in [2.75, 3.05) is 26.2 Å². The minimum atomic E-state index is -0.0791. The number of nitrogens with zero attached hydrogens (tertiary/aromatic N) is 4. The molecule has 358 valence electrons. The van der Waals surface area contributed by atoms with E-state index in [4.69, 9.17) is 19.4 Å². The number of aromatic nitrogens is 2. The minimum Gasteiger partial charge on any atom is -0.363 e. The van der Waals surface area contributed by atoms with E-state index in [1.165, 1.54) is 68.1 Å². The molecule has 4 bridgehead atoms. The van der Waals surface area contributed by atoms with Crippen molar-refractivity contribution in [1.82, 2.24) is 9.97 Å². The number of ether oxygens (including phenoxy) is 2. The second-order valence-corrected chi connectivity index (χ2v) is 22.2. The largest absolute Gasteiger partial charge is 0.363 e. The second kappa shape index (κ2) is 20.2. The lowest BCUT2D eigenvalue weighted by atomic mass is 9.70. The van der Waals surface area contributed by atoms with E-state index in [1.54, 1.807) is 0 Å². The molecule has 13 rings (SSSR count). The van der Waals surface area contributed by atoms with Gasteiger partial charge in [0.15, 0.2) is 0 Å². The summed E-state index contributed by atoms with van der Waals surface area (Å²) in [6.45, 7) is 16.9. The van der Waals surface area contributed by atoms with Crippen LogP contribution in [0, 0.1) is 23.7 Å². The SMILES string of the molecule is CC(C)=C[C@H]1C[N+]2(Cc3cccc(C[N+]45CC[C@@H](C[C@@H]4[C@H](OCc4ccccc4)c4ccnc6ccccc46)[C@@H](C=C(C)C)C5)c3)CC[C@H]1C[C@@H]2[C@H](OCc1ccccc1)c1ccnc2ccccc12. The molecule has 2 unspecified atom stereocenters. The first-order chi connectivity index (χ1) is 34.2. The quantitative estimate of drug-likeness (QED) is 0.0715. The van der Waals surface area contributed by atoms with Gasteiger partial charge in [0.1, 0.15) is 37.4 Å². The lowest BCUT2D eigenvalue weighted by Crippen LogP contribution is -2.68. The van der Waals surface area contributed by atoms with Crippen molar-refractivity contribution >= 4 is 21.8 Å². The predicted molar refractivity (Wildman–Crippen MR) is 284 cm³/mol. The fourth-order valence-electron chi connectivity index (χ4n) is 14.0. The summed E-state index contributed by atoms with van der Waals surface area (Å²) in [4.78, 5) is 9.69. The van der Waals surface area contributed by atoms with Gasteiger partial charge in [-0.25, -0.2) is 0 Å². The van der Waals surface area contributed by atoms with E-state index in [9.17, 15) is 0 Å². The fourth-order valence-corrected chi connectivity index (χ4v) is 14.0. The van der Waals surface area contributed by atoms with Gasteiger partial charge in [-0.15, -0.1) is 0 Å². The van der Waals surface area contributed by atoms with Crippen molar-refractivity contribution in [3.05, 3.63) is 215 Å². The Hall–Kier alpha value is -5.76. The smallest absolute Gasteiger partial charge is 0.135 e. The fraction of sp³-hybridized carbons (Fsp3) is 0.375. The van der Waals surface area contributed by atoms with Crippen LogP contribution in [0.15, 0.2) is 181 Å². The molecule has 0 spiro atoms. The maximum absolute atomic E-state index is 7.35. The summed E-state index contributed by atoms with van der Waals surface area (Å²) in [6, 6.07) is 53.9. The number of rotatable bonds is 16. The molecule has 0 radical (unpaired) electrons. The molecule has 5 aromatic carbocycles. The minimum absolute atomic E-state index is 0.0791. The number of para-hydroxylation sites is 2. The molecule has 0 aliphatic carbocycles. The molecule has 6 saturated heterocycles. The van der Waals surface area contributed by atoms with Crippen LogP contribution in [0.4, 0.5) is 0 Å². The van der Waals surface area contributed by atoms with Crippen LogP contribution in [-0.2, 0) is 35.8 Å². The van der Waals surface area contributed by atoms with Crippen LogP contribution in [0.3, 0.4) is 0 Å². The summed E-state index contributed by atoms with van der Waals surface area (Å²) in [5, 5.41) is 2.41. The average Bonchev–Trinajstić information content (AvgIpc) is 3.37. The molecule has 2 aromatic heterocycles. The Morgan fingerprint density at radius 1 is 0.514 bits per heavy atom. The van der Waals surface area contributed by atoms with Crippen LogP contribution in [0.5, 0.6) is 0 Å². The maximum atomic E-state index is 7.35. The van der Waals surface area contributed by atoms with Gasteiger partial charge in [-0.1, -0.05) is 139 Å². The van der Waals surface area contributed by atoms with Crippen LogP contribution in [0.2, 0.25) is 0 Å². The van der Waals surface area contributed by atoms with Crippen LogP contribution >= 0.6 is 0 Å². The Balaban J connectivity index is 0.969. The van der Waals surface area contributed by atoms with Crippen molar-refractivity contribution in [2.45, 2.75) is 104 Å². The number of hydrogen-bond acceptors (Lipinski definition) is 4. The molecule has 10 atom stereocenters. The van der Waals surface area contributed by atoms with E-state index in [2.05, 4.69) is 185 Å². The van der Waals surface area contributed by atoms with Gasteiger partial charge in [0.05, 0.1) is 50.4 Å². The Morgan fingerprint density at radius 2 is 0.929 bits per heavy atom. The number of benzene rings is 5. The molecule has 0 saturated carbocycles. The Bertz CT molecular complexity index is 2770. The van der Waals surface area contributed by atoms with Crippen molar-refractivity contribution < 1.29 is 18.4 Å². The summed E-state index contributed by atoms with van der Waals surface area (Å²) < 4.78 is 16.8. The zero-order valence-electron chi connectivity index (χ0n) is 41.9. The zero-order chi connectivity index (χ0) is 47.7. The third-order valence-corrected chi connectivity index (χ3v) is 17.0. The third-order valence-electron chi connectivity index (χ3n) is 17.0. The van der Waals surface area contributed by atoms with Gasteiger partial charge >= 0.3 is 0 Å². The molecule has 8 heterocycles. The van der Waals surface area contributed by atoms with E-state index in [0.29, 0.717) is 49.0 Å². The number of quaternary nitrogens is 2. The van der Waals surface area contributed by atoms with Crippen LogP contribution in [-0.4, -0.2) is 57.2 Å². The summed E-state index contributed by atoms with van der Waals surface area (Å²) >= 11 is 0. The molecule has 6 aliphatic heterocycles. The standard InChI is InChI=1S/C64H72N4O2/c1-45(2)34-53-41-67(32-28-51(53)37-61(67)63(69-43-47-16-7-5-8-17-47)57-26-30-65-59-24-13-11-22-55(57)59)39-49-20-15-21-50(36-49)40-68-33-29-52(54(42-68)35-46(3)4)38-62(68)64(70-44-48-18-9-6-10-19-48)58-27-31-66-60-25-14-12-23-56(58)60/h5-27,30-31,34-36,51-54,61-64H,28-29,32-33,37-44H2,1-4H3/q+2/t51-,52-,53-,54-,61+,62+,63+,64+,67?,68?/m0/s1. The number of piperidine rings is 6. The summed E-state index contributed by atoms with van der Waals surface area (Å²) in [7, 11) is 0. The van der Waals surface area contributed by atoms with Crippen LogP contribution in [0.25, 0.3) is 21.8 Å². The molecule has 6 aliphatic rings. The van der Waals surface area contributed by atoms with Crippen LogP contribution in [0.1, 0.15) is 99.0 Å². The molecular formula is C64H72N4O2+2. The number of hydrogen-bond donors (Lipinski definition) is 0. The van der Waals surface area contributed by atoms with E-state index >= 15 is 0 Å². The first-order valence-electron chi connectivity index (χ1n) is 26.3. The lowest BCUT2D eigenvalue weighted by Gasteiger charge is -2.59. The monoisotopic (exact) mass is 929 g/mol. The normalized spacial score (nSPS) is 26.7. The first-order valence-corrected chi connectivity index (χ1v) is 26.3. The topological polar surface area (TPSA) is 44.2 Å². The summed E-state index contributed by atoms with van der Waals surface area (Å²) in [6.07, 6.45) is 13.8. The molecule has 6 fully saturated rings. The van der Waals surface area contributed by atoms with Gasteiger partial charge in [-0.3, -0.25) is 9.97 Å². The summed E-state index contributed by atoms with van der Waals surface area (Å²) in [5.41, 5.74) is 12.8. The van der Waals surface area contributed by atoms with Crippen molar-refractivity contribution in [3.63, 3.8) is 0 Å². The predicted octanol–water partition coefficient (Wildman–Crippen LogP) is 14.1. The molecule has 6 heteroatoms. The Kier molecular flexibility index (Phi) is 13.4. The highest BCUT2D eigenvalue weighted by Crippen LogP contribution is 2.52. The van der Waals surface area contributed by atoms with Gasteiger partial charge in [-0.2, -0.15) is 0 Å². The number of pyridine rings is 2. The molecule has 70 heavy (non-hydrogen) atoms. The van der Waals surface area contributed by atoms with Crippen molar-refractivity contribution in [1.29, 1.82) is 0 Å². The lowest BCUT2D eigenvalue weighted by molar-refractivity contribution is -0.985. The third kappa shape index (κ3) is 9.56. The average molecular weight is 929 g/mol. The molecule has 0 amide bonds. The van der Waals surface area contributed by atoms with Gasteiger partial charge < -0.3 is 18.4 Å². The Labute approximate surface area is 416 Å². The molecule has 0 N–H and O–H groups in total. The van der Waals surface area contributed by atoms with Gasteiger partial charge in [0, 0.05) is 71.8 Å². The molecular weight excluding hydrogens is 857 g/mol. The summed E-state index contributed by atoms with van der Waals surface area (Å²) in [5.74, 6) is 2.39. The van der Waals surface area contributed by atoms with Gasteiger partial charge in [0.2, 0.25) is 0 Å². The van der Waals surface area contributed by atoms with E-state index in [-0.39, 0.29) is 12.2 Å². The second-order valence-electron chi connectivity index (χ2n) is 22.2. The highest BCUT2D eigenvalue weighted by molar-refractivity contribution is 5.83. The number of allylic oxidation sites excluding steroid dienone is 2. The zero-order valence-corrected chi connectivity index (χ0v) is 41.9. The van der Waals surface area contributed by atoms with E-state index in [0.717, 1.165) is 72.1 Å². The molecule has 7 aromatic rings.